The van der Waals surface area contributed by atoms with Crippen LogP contribution in [0, 0.1) is 0 Å². The predicted molar refractivity (Wildman–Crippen MR) is 237 cm³/mol. The third-order valence-corrected chi connectivity index (χ3v) is 11.3. The summed E-state index contributed by atoms with van der Waals surface area (Å²) >= 11 is 0. The molecule has 1 aromatic heterocycles. The van der Waals surface area contributed by atoms with Crippen LogP contribution < -0.4 is 4.90 Å². The van der Waals surface area contributed by atoms with Gasteiger partial charge in [-0.1, -0.05) is 164 Å². The first-order valence-corrected chi connectivity index (χ1v) is 19.2. The molecule has 0 fully saturated rings. The molecule has 0 spiro atoms. The molecular weight excluding hydrogens is 679 g/mol. The molecular formula is C54H35NO. The first kappa shape index (κ1) is 32.0. The van der Waals surface area contributed by atoms with Crippen LogP contribution in [0.4, 0.5) is 17.1 Å². The van der Waals surface area contributed by atoms with Crippen molar-refractivity contribution in [3.8, 4) is 33.4 Å². The fraction of sp³-hybridized carbons (Fsp3) is 0. The van der Waals surface area contributed by atoms with Crippen molar-refractivity contribution in [1.29, 1.82) is 0 Å². The maximum Gasteiger partial charge on any atom is 0.143 e. The summed E-state index contributed by atoms with van der Waals surface area (Å²) in [7, 11) is 0. The lowest BCUT2D eigenvalue weighted by atomic mass is 9.96. The molecule has 2 heteroatoms. The minimum Gasteiger partial charge on any atom is -0.455 e. The third-order valence-electron chi connectivity index (χ3n) is 11.3. The second kappa shape index (κ2) is 13.2. The maximum atomic E-state index is 6.85. The van der Waals surface area contributed by atoms with Gasteiger partial charge in [-0.15, -0.1) is 0 Å². The van der Waals surface area contributed by atoms with Gasteiger partial charge >= 0.3 is 0 Å². The molecule has 0 unspecified atom stereocenters. The summed E-state index contributed by atoms with van der Waals surface area (Å²) in [6.45, 7) is 0. The van der Waals surface area contributed by atoms with Crippen molar-refractivity contribution in [2.24, 2.45) is 0 Å². The van der Waals surface area contributed by atoms with Crippen molar-refractivity contribution in [1.82, 2.24) is 0 Å². The highest BCUT2D eigenvalue weighted by Crippen LogP contribution is 2.43. The molecule has 56 heavy (non-hydrogen) atoms. The molecule has 0 saturated carbocycles. The second-order valence-corrected chi connectivity index (χ2v) is 14.5. The zero-order valence-corrected chi connectivity index (χ0v) is 30.6. The lowest BCUT2D eigenvalue weighted by molar-refractivity contribution is 0.670. The number of nitrogens with zero attached hydrogens (tertiary/aromatic N) is 1. The van der Waals surface area contributed by atoms with E-state index in [4.69, 9.17) is 4.42 Å². The standard InChI is InChI=1S/C54H35NO/c1-2-13-41-34-42(23-22-36(41)10-1)37-24-28-43(29-25-37)55(44-30-26-40(27-31-44)47-18-7-14-38-11-3-5-16-46(38)47)45-32-33-50-52-21-9-20-51(54(52)56-53(50)35-45)49-19-8-15-39-12-4-6-17-48(39)49/h1-35H. The van der Waals surface area contributed by atoms with Crippen LogP contribution in [0.3, 0.4) is 0 Å². The maximum absolute atomic E-state index is 6.85. The minimum atomic E-state index is 0.857. The van der Waals surface area contributed by atoms with Crippen LogP contribution in [0.25, 0.3) is 87.6 Å². The molecule has 0 bridgehead atoms. The molecule has 0 N–H and O–H groups in total. The Morgan fingerprint density at radius 3 is 1.54 bits per heavy atom. The van der Waals surface area contributed by atoms with Gasteiger partial charge in [0.2, 0.25) is 0 Å². The number of anilines is 3. The Kier molecular flexibility index (Phi) is 7.53. The van der Waals surface area contributed by atoms with Crippen LogP contribution in [-0.4, -0.2) is 0 Å². The topological polar surface area (TPSA) is 16.4 Å². The van der Waals surface area contributed by atoms with Gasteiger partial charge in [-0.05, 0) is 103 Å². The Bertz CT molecular complexity index is 3230. The lowest BCUT2D eigenvalue weighted by Crippen LogP contribution is -2.09. The van der Waals surface area contributed by atoms with Crippen LogP contribution in [0.15, 0.2) is 217 Å². The van der Waals surface area contributed by atoms with Crippen molar-refractivity contribution in [3.63, 3.8) is 0 Å². The van der Waals surface area contributed by atoms with E-state index in [1.165, 1.54) is 60.1 Å². The van der Waals surface area contributed by atoms with Crippen LogP contribution in [-0.2, 0) is 0 Å². The SMILES string of the molecule is c1ccc2cc(-c3ccc(N(c4ccc(-c5cccc6ccccc56)cc4)c4ccc5c(c4)oc4c(-c6cccc7ccccc67)cccc45)cc3)ccc2c1. The summed E-state index contributed by atoms with van der Waals surface area (Å²) in [5.74, 6) is 0. The number of furan rings is 1. The molecule has 0 amide bonds. The highest BCUT2D eigenvalue weighted by molar-refractivity contribution is 6.13. The Balaban J connectivity index is 1.04. The lowest BCUT2D eigenvalue weighted by Gasteiger charge is -2.26. The van der Waals surface area contributed by atoms with Crippen molar-refractivity contribution in [2.45, 2.75) is 0 Å². The van der Waals surface area contributed by atoms with Gasteiger partial charge in [-0.3, -0.25) is 0 Å². The largest absolute Gasteiger partial charge is 0.455 e. The summed E-state index contributed by atoms with van der Waals surface area (Å²) < 4.78 is 6.85. The fourth-order valence-electron chi connectivity index (χ4n) is 8.48. The fourth-order valence-corrected chi connectivity index (χ4v) is 8.48. The average molecular weight is 714 g/mol. The summed E-state index contributed by atoms with van der Waals surface area (Å²) in [6.07, 6.45) is 0. The van der Waals surface area contributed by atoms with Gasteiger partial charge in [-0.2, -0.15) is 0 Å². The number of rotatable bonds is 6. The van der Waals surface area contributed by atoms with Crippen molar-refractivity contribution < 1.29 is 4.42 Å². The minimum absolute atomic E-state index is 0.857. The van der Waals surface area contributed by atoms with E-state index in [1.54, 1.807) is 0 Å². The quantitative estimate of drug-likeness (QED) is 0.171. The van der Waals surface area contributed by atoms with Crippen LogP contribution in [0.2, 0.25) is 0 Å². The number of fused-ring (bicyclic) bond motifs is 6. The van der Waals surface area contributed by atoms with E-state index in [0.717, 1.165) is 44.6 Å². The molecule has 0 aliphatic heterocycles. The van der Waals surface area contributed by atoms with Gasteiger partial charge in [0.15, 0.2) is 0 Å². The molecule has 0 aliphatic carbocycles. The first-order chi connectivity index (χ1) is 27.7. The van der Waals surface area contributed by atoms with E-state index >= 15 is 0 Å². The van der Waals surface area contributed by atoms with Gasteiger partial charge in [-0.25, -0.2) is 0 Å². The molecule has 2 nitrogen and oxygen atoms in total. The van der Waals surface area contributed by atoms with Crippen LogP contribution in [0.5, 0.6) is 0 Å². The van der Waals surface area contributed by atoms with Crippen LogP contribution >= 0.6 is 0 Å². The Morgan fingerprint density at radius 2 is 0.804 bits per heavy atom. The smallest absolute Gasteiger partial charge is 0.143 e. The van der Waals surface area contributed by atoms with Gasteiger partial charge in [0.25, 0.3) is 0 Å². The summed E-state index contributed by atoms with van der Waals surface area (Å²) in [6, 6.07) is 76.4. The molecule has 10 aromatic carbocycles. The number of hydrogen-bond donors (Lipinski definition) is 0. The molecule has 1 heterocycles. The van der Waals surface area contributed by atoms with Gasteiger partial charge in [0.05, 0.1) is 0 Å². The molecule has 0 radical (unpaired) electrons. The Morgan fingerprint density at radius 1 is 0.286 bits per heavy atom. The highest BCUT2D eigenvalue weighted by Gasteiger charge is 2.18. The van der Waals surface area contributed by atoms with E-state index < -0.39 is 0 Å². The summed E-state index contributed by atoms with van der Waals surface area (Å²) in [5, 5.41) is 9.63. The van der Waals surface area contributed by atoms with Crippen molar-refractivity contribution >= 4 is 71.3 Å². The van der Waals surface area contributed by atoms with E-state index in [2.05, 4.69) is 217 Å². The van der Waals surface area contributed by atoms with Gasteiger partial charge in [0, 0.05) is 39.5 Å². The number of benzene rings is 10. The second-order valence-electron chi connectivity index (χ2n) is 14.5. The first-order valence-electron chi connectivity index (χ1n) is 19.2. The predicted octanol–water partition coefficient (Wildman–Crippen LogP) is 15.5. The van der Waals surface area contributed by atoms with Crippen LogP contribution in [0.1, 0.15) is 0 Å². The summed E-state index contributed by atoms with van der Waals surface area (Å²) in [4.78, 5) is 2.33. The zero-order valence-electron chi connectivity index (χ0n) is 30.6. The molecule has 11 aromatic rings. The average Bonchev–Trinajstić information content (AvgIpc) is 3.65. The Labute approximate surface area is 325 Å². The van der Waals surface area contributed by atoms with Crippen molar-refractivity contribution in [3.05, 3.63) is 212 Å². The zero-order chi connectivity index (χ0) is 37.0. The highest BCUT2D eigenvalue weighted by atomic mass is 16.3. The third kappa shape index (κ3) is 5.42. The Hall–Kier alpha value is -7.42. The number of para-hydroxylation sites is 1. The molecule has 0 aliphatic rings. The van der Waals surface area contributed by atoms with E-state index in [0.29, 0.717) is 0 Å². The molecule has 0 saturated heterocycles. The van der Waals surface area contributed by atoms with E-state index in [9.17, 15) is 0 Å². The van der Waals surface area contributed by atoms with Gasteiger partial charge < -0.3 is 9.32 Å². The summed E-state index contributed by atoms with van der Waals surface area (Å²) in [5.41, 5.74) is 12.0. The number of hydrogen-bond acceptors (Lipinski definition) is 2. The molecule has 11 rings (SSSR count). The van der Waals surface area contributed by atoms with E-state index in [-0.39, 0.29) is 0 Å². The molecule has 0 atom stereocenters. The van der Waals surface area contributed by atoms with E-state index in [1.807, 2.05) is 0 Å². The van der Waals surface area contributed by atoms with Gasteiger partial charge in [0.1, 0.15) is 11.2 Å². The normalized spacial score (nSPS) is 11.6. The van der Waals surface area contributed by atoms with Crippen molar-refractivity contribution in [2.75, 3.05) is 4.90 Å². The monoisotopic (exact) mass is 713 g/mol. The molecule has 262 valence electrons.